The normalized spacial score (nSPS) is 12.8. The van der Waals surface area contributed by atoms with E-state index in [2.05, 4.69) is 133 Å². The van der Waals surface area contributed by atoms with E-state index >= 15 is 0 Å². The lowest BCUT2D eigenvalue weighted by atomic mass is 9.92. The highest BCUT2D eigenvalue weighted by atomic mass is 32.1. The van der Waals surface area contributed by atoms with Gasteiger partial charge in [0.1, 0.15) is 11.2 Å². The fourth-order valence-electron chi connectivity index (χ4n) is 8.79. The quantitative estimate of drug-likeness (QED) is 0.169. The maximum absolute atomic E-state index is 6.54. The van der Waals surface area contributed by atoms with Gasteiger partial charge in [-0.25, -0.2) is 15.0 Å². The molecule has 0 aliphatic heterocycles. The van der Waals surface area contributed by atoms with Gasteiger partial charge in [-0.3, -0.25) is 0 Å². The van der Waals surface area contributed by atoms with Crippen molar-refractivity contribution < 1.29 is 4.42 Å². The van der Waals surface area contributed by atoms with Crippen LogP contribution in [0.25, 0.3) is 116 Å². The summed E-state index contributed by atoms with van der Waals surface area (Å²) in [6.07, 6.45) is 6.66. The average molecular weight is 734 g/mol. The summed E-state index contributed by atoms with van der Waals surface area (Å²) >= 11 is 1.83. The highest BCUT2D eigenvalue weighted by Crippen LogP contribution is 2.43. The summed E-state index contributed by atoms with van der Waals surface area (Å²) in [5, 5.41) is 10.9. The van der Waals surface area contributed by atoms with Crippen molar-refractivity contribution in [1.82, 2.24) is 15.0 Å². The van der Waals surface area contributed by atoms with Crippen molar-refractivity contribution in [3.63, 3.8) is 0 Å². The van der Waals surface area contributed by atoms with E-state index in [9.17, 15) is 0 Å². The van der Waals surface area contributed by atoms with Gasteiger partial charge in [-0.2, -0.15) is 0 Å². The Kier molecular flexibility index (Phi) is 6.89. The zero-order chi connectivity index (χ0) is 36.7. The number of rotatable bonds is 4. The van der Waals surface area contributed by atoms with E-state index in [1.807, 2.05) is 41.7 Å². The van der Waals surface area contributed by atoms with E-state index in [0.29, 0.717) is 17.5 Å². The molecule has 0 radical (unpaired) electrons. The smallest absolute Gasteiger partial charge is 0.165 e. The SMILES string of the molecule is C1=Cc2sc3c(-c4nc(-c5ccccc5)nc(-c5cccc6oc7ccc(-c8ccc9c%10ccccc%10c%10ccccc%10c9c8)cc7c56)n4)cccc3c2CC1. The molecule has 8 aromatic carbocycles. The Morgan fingerprint density at radius 3 is 1.84 bits per heavy atom. The molecule has 262 valence electrons. The standard InChI is InChI=1S/C51H31N3OS/c1-2-12-30(13-3-1)49-52-50(54-51(53-49)41-21-10-19-39-38-18-8-9-23-46(38)56-48(39)41)40-20-11-22-45-47(40)43-29-32(25-27-44(43)55-45)31-24-26-37-35-16-5-4-14-33(35)34-15-6-7-17-36(34)42(37)28-31/h1-7,9-17,19-29H,8,18H2. The number of nitrogens with zero attached hydrogens (tertiary/aromatic N) is 3. The summed E-state index contributed by atoms with van der Waals surface area (Å²) in [4.78, 5) is 16.9. The van der Waals surface area contributed by atoms with Gasteiger partial charge in [0.2, 0.25) is 0 Å². The van der Waals surface area contributed by atoms with Crippen molar-refractivity contribution in [3.8, 4) is 45.3 Å². The number of allylic oxidation sites excluding steroid dienone is 1. The topological polar surface area (TPSA) is 51.8 Å². The van der Waals surface area contributed by atoms with E-state index < -0.39 is 0 Å². The second kappa shape index (κ2) is 12.3. The fraction of sp³-hybridized carbons (Fsp3) is 0.0392. The van der Waals surface area contributed by atoms with E-state index in [1.54, 1.807) is 0 Å². The third-order valence-electron chi connectivity index (χ3n) is 11.4. The van der Waals surface area contributed by atoms with E-state index in [0.717, 1.165) is 62.6 Å². The number of benzene rings is 8. The lowest BCUT2D eigenvalue weighted by Gasteiger charge is -2.12. The number of hydrogen-bond acceptors (Lipinski definition) is 5. The van der Waals surface area contributed by atoms with Crippen LogP contribution in [0.1, 0.15) is 16.9 Å². The molecule has 0 spiro atoms. The predicted octanol–water partition coefficient (Wildman–Crippen LogP) is 14.1. The van der Waals surface area contributed by atoms with Gasteiger partial charge in [0.25, 0.3) is 0 Å². The number of hydrogen-bond donors (Lipinski definition) is 0. The maximum atomic E-state index is 6.54. The summed E-state index contributed by atoms with van der Waals surface area (Å²) < 4.78 is 7.76. The molecule has 0 saturated heterocycles. The first-order valence-electron chi connectivity index (χ1n) is 19.1. The molecule has 3 heterocycles. The summed E-state index contributed by atoms with van der Waals surface area (Å²) in [6.45, 7) is 0. The van der Waals surface area contributed by atoms with Gasteiger partial charge in [0.05, 0.1) is 0 Å². The molecule has 0 bridgehead atoms. The van der Waals surface area contributed by atoms with Gasteiger partial charge in [-0.15, -0.1) is 11.3 Å². The lowest BCUT2D eigenvalue weighted by molar-refractivity contribution is 0.669. The fourth-order valence-corrected chi connectivity index (χ4v) is 10.1. The van der Waals surface area contributed by atoms with Gasteiger partial charge in [-0.05, 0) is 104 Å². The van der Waals surface area contributed by atoms with Crippen molar-refractivity contribution in [1.29, 1.82) is 0 Å². The van der Waals surface area contributed by atoms with Gasteiger partial charge in [0, 0.05) is 37.0 Å². The molecule has 1 aliphatic rings. The Hall–Kier alpha value is -6.95. The van der Waals surface area contributed by atoms with Crippen molar-refractivity contribution >= 4 is 81.8 Å². The van der Waals surface area contributed by atoms with Gasteiger partial charge < -0.3 is 4.42 Å². The van der Waals surface area contributed by atoms with Crippen LogP contribution < -0.4 is 0 Å². The van der Waals surface area contributed by atoms with Crippen molar-refractivity contribution in [2.75, 3.05) is 0 Å². The van der Waals surface area contributed by atoms with Crippen molar-refractivity contribution in [3.05, 3.63) is 168 Å². The molecule has 0 atom stereocenters. The number of thiophene rings is 1. The maximum Gasteiger partial charge on any atom is 0.165 e. The summed E-state index contributed by atoms with van der Waals surface area (Å²) in [7, 11) is 0. The molecular formula is C51H31N3OS. The Morgan fingerprint density at radius 2 is 1.05 bits per heavy atom. The molecule has 0 unspecified atom stereocenters. The largest absolute Gasteiger partial charge is 0.456 e. The zero-order valence-electron chi connectivity index (χ0n) is 30.2. The highest BCUT2D eigenvalue weighted by Gasteiger charge is 2.21. The number of aryl methyl sites for hydroxylation is 1. The first kappa shape index (κ1) is 31.4. The Bertz CT molecular complexity index is 3400. The minimum atomic E-state index is 0.620. The summed E-state index contributed by atoms with van der Waals surface area (Å²) in [5.74, 6) is 1.93. The average Bonchev–Trinajstić information content (AvgIpc) is 3.85. The first-order chi connectivity index (χ1) is 27.7. The second-order valence-corrected chi connectivity index (χ2v) is 15.6. The van der Waals surface area contributed by atoms with Crippen molar-refractivity contribution in [2.45, 2.75) is 12.8 Å². The molecule has 4 nitrogen and oxygen atoms in total. The molecule has 11 aromatic rings. The molecule has 0 amide bonds. The third kappa shape index (κ3) is 4.81. The Labute approximate surface area is 326 Å². The van der Waals surface area contributed by atoms with Crippen LogP contribution in [0.3, 0.4) is 0 Å². The first-order valence-corrected chi connectivity index (χ1v) is 19.9. The van der Waals surface area contributed by atoms with Crippen LogP contribution in [0.5, 0.6) is 0 Å². The molecule has 56 heavy (non-hydrogen) atoms. The summed E-state index contributed by atoms with van der Waals surface area (Å²) in [6, 6.07) is 53.8. The number of furan rings is 1. The van der Waals surface area contributed by atoms with Crippen LogP contribution in [0, 0.1) is 0 Å². The minimum absolute atomic E-state index is 0.620. The van der Waals surface area contributed by atoms with Crippen molar-refractivity contribution in [2.24, 2.45) is 0 Å². The lowest BCUT2D eigenvalue weighted by Crippen LogP contribution is -2.00. The Balaban J connectivity index is 1.07. The zero-order valence-corrected chi connectivity index (χ0v) is 31.0. The number of fused-ring (bicyclic) bond motifs is 12. The molecule has 12 rings (SSSR count). The predicted molar refractivity (Wildman–Crippen MR) is 234 cm³/mol. The van der Waals surface area contributed by atoms with Crippen LogP contribution in [-0.2, 0) is 6.42 Å². The Morgan fingerprint density at radius 1 is 0.446 bits per heavy atom. The summed E-state index contributed by atoms with van der Waals surface area (Å²) in [5.41, 5.74) is 8.21. The highest BCUT2D eigenvalue weighted by molar-refractivity contribution is 7.20. The van der Waals surface area contributed by atoms with Crippen LogP contribution in [0.4, 0.5) is 0 Å². The monoisotopic (exact) mass is 733 g/mol. The molecule has 0 N–H and O–H groups in total. The van der Waals surface area contributed by atoms with E-state index in [1.165, 1.54) is 52.8 Å². The van der Waals surface area contributed by atoms with Crippen LogP contribution in [-0.4, -0.2) is 15.0 Å². The van der Waals surface area contributed by atoms with Crippen LogP contribution >= 0.6 is 11.3 Å². The minimum Gasteiger partial charge on any atom is -0.456 e. The molecule has 3 aromatic heterocycles. The van der Waals surface area contributed by atoms with Crippen LogP contribution in [0.15, 0.2) is 162 Å². The second-order valence-electron chi connectivity index (χ2n) is 14.6. The van der Waals surface area contributed by atoms with Gasteiger partial charge in [-0.1, -0.05) is 127 Å². The molecule has 0 fully saturated rings. The van der Waals surface area contributed by atoms with E-state index in [4.69, 9.17) is 19.4 Å². The molecule has 0 saturated carbocycles. The number of aromatic nitrogens is 3. The molecule has 5 heteroatoms. The van der Waals surface area contributed by atoms with E-state index in [-0.39, 0.29) is 0 Å². The van der Waals surface area contributed by atoms with Crippen LogP contribution in [0.2, 0.25) is 0 Å². The molecule has 1 aliphatic carbocycles. The molecular weight excluding hydrogens is 703 g/mol. The third-order valence-corrected chi connectivity index (χ3v) is 12.6. The van der Waals surface area contributed by atoms with Gasteiger partial charge in [0.15, 0.2) is 17.5 Å². The van der Waals surface area contributed by atoms with Gasteiger partial charge >= 0.3 is 0 Å².